The molecule has 0 aliphatic carbocycles. The summed E-state index contributed by atoms with van der Waals surface area (Å²) >= 11 is 0. The number of unbranched alkanes of at least 4 members (excludes halogenated alkanes) is 4. The van der Waals surface area contributed by atoms with Gasteiger partial charge in [-0.3, -0.25) is 0 Å². The minimum absolute atomic E-state index is 0.393. The summed E-state index contributed by atoms with van der Waals surface area (Å²) in [7, 11) is 0. The second-order valence-electron chi connectivity index (χ2n) is 3.41. The summed E-state index contributed by atoms with van der Waals surface area (Å²) in [6.45, 7) is 5.56. The lowest BCUT2D eigenvalue weighted by atomic mass is 10.2. The Balaban J connectivity index is 2.96. The van der Waals surface area contributed by atoms with Crippen molar-refractivity contribution in [2.24, 2.45) is 0 Å². The van der Waals surface area contributed by atoms with Crippen LogP contribution in [0.4, 0.5) is 0 Å². The van der Waals surface area contributed by atoms with Gasteiger partial charge in [-0.1, -0.05) is 33.1 Å². The maximum absolute atomic E-state index is 5.23. The molecule has 0 rings (SSSR count). The van der Waals surface area contributed by atoms with Crippen LogP contribution >= 0.6 is 0 Å². The van der Waals surface area contributed by atoms with E-state index in [0.717, 1.165) is 19.4 Å². The van der Waals surface area contributed by atoms with Crippen molar-refractivity contribution in [3.05, 3.63) is 12.3 Å². The first kappa shape index (κ1) is 13.5. The molecule has 0 aromatic carbocycles. The van der Waals surface area contributed by atoms with Crippen LogP contribution < -0.4 is 0 Å². The molecule has 0 unspecified atom stereocenters. The third-order valence-corrected chi connectivity index (χ3v) is 1.96. The molecule has 0 aliphatic rings. The normalized spacial score (nSPS) is 11.0. The number of hydrogen-bond donors (Lipinski definition) is 0. The number of hydrogen-bond acceptors (Lipinski definition) is 2. The molecule has 0 aromatic rings. The molecule has 0 saturated carbocycles. The third-order valence-electron chi connectivity index (χ3n) is 1.96. The topological polar surface area (TPSA) is 18.5 Å². The van der Waals surface area contributed by atoms with Crippen molar-refractivity contribution in [3.63, 3.8) is 0 Å². The van der Waals surface area contributed by atoms with Gasteiger partial charge >= 0.3 is 0 Å². The van der Waals surface area contributed by atoms with Gasteiger partial charge in [-0.25, -0.2) is 0 Å². The van der Waals surface area contributed by atoms with Crippen molar-refractivity contribution in [2.75, 3.05) is 13.4 Å². The van der Waals surface area contributed by atoms with Crippen LogP contribution in [-0.2, 0) is 9.47 Å². The van der Waals surface area contributed by atoms with E-state index in [1.54, 1.807) is 6.26 Å². The van der Waals surface area contributed by atoms with E-state index in [1.807, 2.05) is 0 Å². The van der Waals surface area contributed by atoms with Gasteiger partial charge in [0.1, 0.15) is 0 Å². The molecule has 14 heavy (non-hydrogen) atoms. The Morgan fingerprint density at radius 3 is 2.50 bits per heavy atom. The van der Waals surface area contributed by atoms with E-state index >= 15 is 0 Å². The molecule has 2 heteroatoms. The molecule has 2 nitrogen and oxygen atoms in total. The summed E-state index contributed by atoms with van der Waals surface area (Å²) in [6.07, 6.45) is 11.1. The van der Waals surface area contributed by atoms with Gasteiger partial charge in [-0.15, -0.1) is 0 Å². The van der Waals surface area contributed by atoms with Gasteiger partial charge in [-0.2, -0.15) is 0 Å². The summed E-state index contributed by atoms with van der Waals surface area (Å²) in [5, 5.41) is 0. The fourth-order valence-electron chi connectivity index (χ4n) is 1.04. The van der Waals surface area contributed by atoms with Crippen molar-refractivity contribution in [1.29, 1.82) is 0 Å². The Morgan fingerprint density at radius 1 is 1.00 bits per heavy atom. The van der Waals surface area contributed by atoms with Gasteiger partial charge in [0, 0.05) is 0 Å². The Hall–Kier alpha value is -0.500. The van der Waals surface area contributed by atoms with Crippen LogP contribution in [-0.4, -0.2) is 13.4 Å². The van der Waals surface area contributed by atoms with Gasteiger partial charge in [0.05, 0.1) is 12.9 Å². The van der Waals surface area contributed by atoms with Gasteiger partial charge in [0.15, 0.2) is 6.79 Å². The molecule has 0 bridgehead atoms. The van der Waals surface area contributed by atoms with E-state index < -0.39 is 0 Å². The van der Waals surface area contributed by atoms with Crippen LogP contribution in [0.15, 0.2) is 12.3 Å². The van der Waals surface area contributed by atoms with Crippen LogP contribution in [0.25, 0.3) is 0 Å². The Kier molecular flexibility index (Phi) is 12.1. The maximum atomic E-state index is 5.23. The molecular weight excluding hydrogens is 176 g/mol. The van der Waals surface area contributed by atoms with Crippen LogP contribution in [0.3, 0.4) is 0 Å². The van der Waals surface area contributed by atoms with E-state index in [9.17, 15) is 0 Å². The molecule has 0 spiro atoms. The number of rotatable bonds is 10. The minimum atomic E-state index is 0.393. The summed E-state index contributed by atoms with van der Waals surface area (Å²) in [5.74, 6) is 0. The lowest BCUT2D eigenvalue weighted by molar-refractivity contribution is -0.0124. The van der Waals surface area contributed by atoms with Gasteiger partial charge in [-0.05, 0) is 25.3 Å². The minimum Gasteiger partial charge on any atom is -0.475 e. The summed E-state index contributed by atoms with van der Waals surface area (Å²) in [5.41, 5.74) is 0. The Bertz CT molecular complexity index is 121. The molecular formula is C12H24O2. The zero-order valence-corrected chi connectivity index (χ0v) is 9.63. The fraction of sp³-hybridized carbons (Fsp3) is 0.833. The second-order valence-corrected chi connectivity index (χ2v) is 3.41. The highest BCUT2D eigenvalue weighted by atomic mass is 16.7. The zero-order chi connectivity index (χ0) is 10.5. The molecule has 0 N–H and O–H groups in total. The van der Waals surface area contributed by atoms with Gasteiger partial charge in [0.25, 0.3) is 0 Å². The van der Waals surface area contributed by atoms with Crippen molar-refractivity contribution >= 4 is 0 Å². The standard InChI is InChI=1S/C12H24O2/c1-3-5-7-8-9-11-14-12-13-10-6-4-2/h9,11H,3-8,10,12H2,1-2H3. The molecule has 0 saturated heterocycles. The largest absolute Gasteiger partial charge is 0.475 e. The zero-order valence-electron chi connectivity index (χ0n) is 9.63. The second kappa shape index (κ2) is 12.5. The van der Waals surface area contributed by atoms with Gasteiger partial charge < -0.3 is 9.47 Å². The highest BCUT2D eigenvalue weighted by Gasteiger charge is 1.85. The lowest BCUT2D eigenvalue weighted by Gasteiger charge is -2.01. The van der Waals surface area contributed by atoms with Crippen molar-refractivity contribution in [1.82, 2.24) is 0 Å². The van der Waals surface area contributed by atoms with E-state index in [1.165, 1.54) is 25.7 Å². The van der Waals surface area contributed by atoms with E-state index in [0.29, 0.717) is 6.79 Å². The Labute approximate surface area is 88.3 Å². The van der Waals surface area contributed by atoms with Crippen LogP contribution in [0.1, 0.15) is 52.4 Å². The highest BCUT2D eigenvalue weighted by Crippen LogP contribution is 1.99. The fourth-order valence-corrected chi connectivity index (χ4v) is 1.04. The smallest absolute Gasteiger partial charge is 0.188 e. The molecule has 0 radical (unpaired) electrons. The first-order valence-corrected chi connectivity index (χ1v) is 5.76. The molecule has 0 aliphatic heterocycles. The number of ether oxygens (including phenoxy) is 2. The van der Waals surface area contributed by atoms with Crippen LogP contribution in [0.2, 0.25) is 0 Å². The first-order chi connectivity index (χ1) is 6.91. The average molecular weight is 200 g/mol. The van der Waals surface area contributed by atoms with Crippen LogP contribution in [0, 0.1) is 0 Å². The van der Waals surface area contributed by atoms with Gasteiger partial charge in [0.2, 0.25) is 0 Å². The number of allylic oxidation sites excluding steroid dienone is 1. The highest BCUT2D eigenvalue weighted by molar-refractivity contribution is 4.72. The van der Waals surface area contributed by atoms with Crippen molar-refractivity contribution < 1.29 is 9.47 Å². The van der Waals surface area contributed by atoms with E-state index in [2.05, 4.69) is 19.9 Å². The molecule has 84 valence electrons. The molecule has 0 fully saturated rings. The summed E-state index contributed by atoms with van der Waals surface area (Å²) < 4.78 is 10.4. The van der Waals surface area contributed by atoms with E-state index in [4.69, 9.17) is 9.47 Å². The molecule has 0 amide bonds. The molecule has 0 heterocycles. The van der Waals surface area contributed by atoms with Crippen molar-refractivity contribution in [3.8, 4) is 0 Å². The Morgan fingerprint density at radius 2 is 1.79 bits per heavy atom. The summed E-state index contributed by atoms with van der Waals surface area (Å²) in [4.78, 5) is 0. The average Bonchev–Trinajstić information content (AvgIpc) is 2.21. The monoisotopic (exact) mass is 200 g/mol. The third kappa shape index (κ3) is 11.5. The summed E-state index contributed by atoms with van der Waals surface area (Å²) in [6, 6.07) is 0. The molecule has 0 aromatic heterocycles. The SMILES string of the molecule is CCCCCC=COCOCCCC. The molecule has 0 atom stereocenters. The lowest BCUT2D eigenvalue weighted by Crippen LogP contribution is -1.97. The first-order valence-electron chi connectivity index (χ1n) is 5.76. The van der Waals surface area contributed by atoms with E-state index in [-0.39, 0.29) is 0 Å². The maximum Gasteiger partial charge on any atom is 0.188 e. The predicted octanol–water partition coefficient (Wildman–Crippen LogP) is 3.87. The van der Waals surface area contributed by atoms with Crippen LogP contribution in [0.5, 0.6) is 0 Å². The van der Waals surface area contributed by atoms with Crippen molar-refractivity contribution in [2.45, 2.75) is 52.4 Å². The quantitative estimate of drug-likeness (QED) is 0.303. The predicted molar refractivity (Wildman–Crippen MR) is 60.1 cm³/mol.